The number of thiophene rings is 1. The zero-order valence-corrected chi connectivity index (χ0v) is 11.3. The van der Waals surface area contributed by atoms with Crippen LogP contribution in [0.25, 0.3) is 0 Å². The molecule has 0 aliphatic carbocycles. The SMILES string of the molecule is CC(C)NC(=O)CCNCc1ccsc1C(=O)O. The van der Waals surface area contributed by atoms with Crippen LogP contribution in [0, 0.1) is 0 Å². The third kappa shape index (κ3) is 4.85. The predicted molar refractivity (Wildman–Crippen MR) is 70.9 cm³/mol. The molecule has 1 heterocycles. The van der Waals surface area contributed by atoms with Gasteiger partial charge in [0.15, 0.2) is 0 Å². The largest absolute Gasteiger partial charge is 0.477 e. The van der Waals surface area contributed by atoms with Crippen molar-refractivity contribution in [2.24, 2.45) is 0 Å². The number of amides is 1. The molecule has 0 aromatic carbocycles. The van der Waals surface area contributed by atoms with Crippen molar-refractivity contribution in [2.75, 3.05) is 6.54 Å². The Kier molecular flexibility index (Phi) is 5.80. The Balaban J connectivity index is 2.28. The minimum Gasteiger partial charge on any atom is -0.477 e. The van der Waals surface area contributed by atoms with Crippen molar-refractivity contribution in [1.29, 1.82) is 0 Å². The van der Waals surface area contributed by atoms with Crippen LogP contribution in [0.2, 0.25) is 0 Å². The molecule has 0 unspecified atom stereocenters. The molecule has 1 amide bonds. The van der Waals surface area contributed by atoms with Crippen LogP contribution < -0.4 is 10.6 Å². The molecule has 0 fully saturated rings. The van der Waals surface area contributed by atoms with E-state index < -0.39 is 5.97 Å². The Morgan fingerprint density at radius 2 is 2.17 bits per heavy atom. The van der Waals surface area contributed by atoms with Crippen molar-refractivity contribution in [1.82, 2.24) is 10.6 Å². The molecule has 0 aliphatic heterocycles. The van der Waals surface area contributed by atoms with Gasteiger partial charge in [0.2, 0.25) is 5.91 Å². The Hall–Kier alpha value is -1.40. The van der Waals surface area contributed by atoms with Gasteiger partial charge in [-0.15, -0.1) is 11.3 Å². The molecule has 0 atom stereocenters. The van der Waals surface area contributed by atoms with E-state index in [4.69, 9.17) is 5.11 Å². The van der Waals surface area contributed by atoms with Gasteiger partial charge in [-0.2, -0.15) is 0 Å². The molecular weight excluding hydrogens is 252 g/mol. The maximum atomic E-state index is 11.3. The van der Waals surface area contributed by atoms with E-state index in [0.29, 0.717) is 24.4 Å². The summed E-state index contributed by atoms with van der Waals surface area (Å²) in [6.45, 7) is 4.83. The van der Waals surface area contributed by atoms with Gasteiger partial charge in [0.05, 0.1) is 0 Å². The minimum atomic E-state index is -0.903. The summed E-state index contributed by atoms with van der Waals surface area (Å²) in [7, 11) is 0. The van der Waals surface area contributed by atoms with Crippen LogP contribution >= 0.6 is 11.3 Å². The van der Waals surface area contributed by atoms with E-state index >= 15 is 0 Å². The summed E-state index contributed by atoms with van der Waals surface area (Å²) in [5.74, 6) is -0.902. The van der Waals surface area contributed by atoms with Gasteiger partial charge in [0.25, 0.3) is 0 Å². The fourth-order valence-electron chi connectivity index (χ4n) is 1.48. The molecular formula is C12H18N2O3S. The van der Waals surface area contributed by atoms with Crippen LogP contribution in [0.5, 0.6) is 0 Å². The number of hydrogen-bond donors (Lipinski definition) is 3. The Morgan fingerprint density at radius 3 is 2.78 bits per heavy atom. The second-order valence-corrected chi connectivity index (χ2v) is 5.15. The molecule has 1 aromatic heterocycles. The Labute approximate surface area is 110 Å². The van der Waals surface area contributed by atoms with Crippen molar-refractivity contribution in [3.8, 4) is 0 Å². The van der Waals surface area contributed by atoms with Crippen molar-refractivity contribution < 1.29 is 14.7 Å². The first kappa shape index (κ1) is 14.7. The first-order valence-corrected chi connectivity index (χ1v) is 6.68. The second-order valence-electron chi connectivity index (χ2n) is 4.23. The molecule has 0 saturated heterocycles. The van der Waals surface area contributed by atoms with Gasteiger partial charge in [-0.3, -0.25) is 4.79 Å². The number of carboxylic acid groups (broad SMARTS) is 1. The number of carboxylic acids is 1. The maximum absolute atomic E-state index is 11.3. The highest BCUT2D eigenvalue weighted by molar-refractivity contribution is 7.12. The summed E-state index contributed by atoms with van der Waals surface area (Å²) < 4.78 is 0. The van der Waals surface area contributed by atoms with Gasteiger partial charge in [-0.1, -0.05) is 0 Å². The standard InChI is InChI=1S/C12H18N2O3S/c1-8(2)14-10(15)3-5-13-7-9-4-6-18-11(9)12(16)17/h4,6,8,13H,3,5,7H2,1-2H3,(H,14,15)(H,16,17). The lowest BCUT2D eigenvalue weighted by Gasteiger charge is -2.08. The van der Waals surface area contributed by atoms with E-state index in [1.807, 2.05) is 13.8 Å². The molecule has 18 heavy (non-hydrogen) atoms. The van der Waals surface area contributed by atoms with Gasteiger partial charge in [0, 0.05) is 25.6 Å². The van der Waals surface area contributed by atoms with E-state index in [2.05, 4.69) is 10.6 Å². The summed E-state index contributed by atoms with van der Waals surface area (Å²) in [6, 6.07) is 1.93. The van der Waals surface area contributed by atoms with Crippen molar-refractivity contribution in [3.05, 3.63) is 21.9 Å². The number of carbonyl (C=O) groups is 2. The number of carbonyl (C=O) groups excluding carboxylic acids is 1. The molecule has 1 rings (SSSR count). The quantitative estimate of drug-likeness (QED) is 0.655. The summed E-state index contributed by atoms with van der Waals surface area (Å²) in [5.41, 5.74) is 0.761. The van der Waals surface area contributed by atoms with Gasteiger partial charge >= 0.3 is 5.97 Å². The van der Waals surface area contributed by atoms with Gasteiger partial charge in [-0.05, 0) is 30.9 Å². The number of aromatic carboxylic acids is 1. The topological polar surface area (TPSA) is 78.4 Å². The monoisotopic (exact) mass is 270 g/mol. The first-order chi connectivity index (χ1) is 8.50. The fourth-order valence-corrected chi connectivity index (χ4v) is 2.24. The first-order valence-electron chi connectivity index (χ1n) is 5.80. The van der Waals surface area contributed by atoms with Crippen LogP contribution in [0.1, 0.15) is 35.5 Å². The zero-order valence-electron chi connectivity index (χ0n) is 10.5. The Morgan fingerprint density at radius 1 is 1.44 bits per heavy atom. The van der Waals surface area contributed by atoms with Crippen LogP contribution in [0.4, 0.5) is 0 Å². The van der Waals surface area contributed by atoms with E-state index in [9.17, 15) is 9.59 Å². The van der Waals surface area contributed by atoms with Crippen molar-refractivity contribution >= 4 is 23.2 Å². The average molecular weight is 270 g/mol. The number of hydrogen-bond acceptors (Lipinski definition) is 4. The normalized spacial score (nSPS) is 10.6. The number of rotatable bonds is 7. The van der Waals surface area contributed by atoms with Crippen LogP contribution in [-0.2, 0) is 11.3 Å². The molecule has 0 saturated carbocycles. The van der Waals surface area contributed by atoms with Gasteiger partial charge < -0.3 is 15.7 Å². The molecule has 0 radical (unpaired) electrons. The highest BCUT2D eigenvalue weighted by Gasteiger charge is 2.11. The van der Waals surface area contributed by atoms with Crippen LogP contribution in [-0.4, -0.2) is 29.6 Å². The van der Waals surface area contributed by atoms with E-state index in [1.54, 1.807) is 11.4 Å². The summed E-state index contributed by atoms with van der Waals surface area (Å²) in [4.78, 5) is 22.6. The maximum Gasteiger partial charge on any atom is 0.346 e. The molecule has 3 N–H and O–H groups in total. The van der Waals surface area contributed by atoms with Crippen molar-refractivity contribution in [3.63, 3.8) is 0 Å². The second kappa shape index (κ2) is 7.13. The van der Waals surface area contributed by atoms with Gasteiger partial charge in [0.1, 0.15) is 4.88 Å². The number of nitrogens with one attached hydrogen (secondary N) is 2. The third-order valence-corrected chi connectivity index (χ3v) is 3.18. The smallest absolute Gasteiger partial charge is 0.346 e. The molecule has 1 aromatic rings. The van der Waals surface area contributed by atoms with Crippen LogP contribution in [0.15, 0.2) is 11.4 Å². The fraction of sp³-hybridized carbons (Fsp3) is 0.500. The average Bonchev–Trinajstić information content (AvgIpc) is 2.71. The highest BCUT2D eigenvalue weighted by atomic mass is 32.1. The van der Waals surface area contributed by atoms with Crippen LogP contribution in [0.3, 0.4) is 0 Å². The summed E-state index contributed by atoms with van der Waals surface area (Å²) in [5, 5.41) is 16.5. The lowest BCUT2D eigenvalue weighted by molar-refractivity contribution is -0.121. The summed E-state index contributed by atoms with van der Waals surface area (Å²) >= 11 is 1.21. The lowest BCUT2D eigenvalue weighted by Crippen LogP contribution is -2.32. The highest BCUT2D eigenvalue weighted by Crippen LogP contribution is 2.16. The molecule has 0 bridgehead atoms. The molecule has 0 spiro atoms. The summed E-state index contributed by atoms with van der Waals surface area (Å²) in [6.07, 6.45) is 0.394. The molecule has 0 aliphatic rings. The Bertz CT molecular complexity index is 415. The van der Waals surface area contributed by atoms with E-state index in [-0.39, 0.29) is 11.9 Å². The third-order valence-electron chi connectivity index (χ3n) is 2.23. The lowest BCUT2D eigenvalue weighted by atomic mass is 10.2. The van der Waals surface area contributed by atoms with E-state index in [1.165, 1.54) is 11.3 Å². The van der Waals surface area contributed by atoms with Gasteiger partial charge in [-0.25, -0.2) is 4.79 Å². The van der Waals surface area contributed by atoms with E-state index in [0.717, 1.165) is 5.56 Å². The molecule has 100 valence electrons. The van der Waals surface area contributed by atoms with Crippen molar-refractivity contribution in [2.45, 2.75) is 32.9 Å². The predicted octanol–water partition coefficient (Wildman–Crippen LogP) is 1.45. The zero-order chi connectivity index (χ0) is 13.5. The minimum absolute atomic E-state index is 0.00118. The molecule has 6 heteroatoms. The molecule has 5 nitrogen and oxygen atoms in total.